The number of hydrogen-bond donors (Lipinski definition) is 2. The van der Waals surface area contributed by atoms with Crippen molar-refractivity contribution < 1.29 is 18.0 Å². The first-order valence-corrected chi connectivity index (χ1v) is 12.6. The molecule has 0 aliphatic carbocycles. The fourth-order valence-corrected chi connectivity index (χ4v) is 5.56. The van der Waals surface area contributed by atoms with Crippen molar-refractivity contribution in [2.75, 3.05) is 32.7 Å². The van der Waals surface area contributed by atoms with E-state index < -0.39 is 22.0 Å². The van der Waals surface area contributed by atoms with Crippen LogP contribution in [0, 0.1) is 0 Å². The lowest BCUT2D eigenvalue weighted by Crippen LogP contribution is -2.61. The Balaban J connectivity index is 1.90. The van der Waals surface area contributed by atoms with E-state index in [0.29, 0.717) is 10.0 Å². The molecular formula is C20H21BrCl2N4O4S. The van der Waals surface area contributed by atoms with Gasteiger partial charge in [-0.1, -0.05) is 45.2 Å². The maximum absolute atomic E-state index is 13.2. The molecule has 3 N–H and O–H groups in total. The second kappa shape index (κ2) is 10.5. The molecule has 2 amide bonds. The number of rotatable bonds is 6. The van der Waals surface area contributed by atoms with Gasteiger partial charge in [0.1, 0.15) is 6.04 Å². The van der Waals surface area contributed by atoms with E-state index in [4.69, 9.17) is 28.9 Å². The van der Waals surface area contributed by atoms with E-state index in [2.05, 4.69) is 21.2 Å². The zero-order valence-electron chi connectivity index (χ0n) is 16.8. The molecule has 0 spiro atoms. The Hall–Kier alpha value is -1.69. The van der Waals surface area contributed by atoms with Crippen molar-refractivity contribution >= 4 is 61.0 Å². The van der Waals surface area contributed by atoms with Gasteiger partial charge in [0.2, 0.25) is 15.9 Å². The molecule has 0 saturated carbocycles. The van der Waals surface area contributed by atoms with Crippen molar-refractivity contribution in [1.82, 2.24) is 14.5 Å². The molecule has 1 fully saturated rings. The first-order chi connectivity index (χ1) is 15.1. The van der Waals surface area contributed by atoms with Crippen LogP contribution in [0.4, 0.5) is 0 Å². The van der Waals surface area contributed by atoms with Gasteiger partial charge in [-0.2, -0.15) is 4.31 Å². The molecule has 1 unspecified atom stereocenters. The minimum Gasteiger partial charge on any atom is -0.353 e. The van der Waals surface area contributed by atoms with Gasteiger partial charge in [0.05, 0.1) is 14.9 Å². The van der Waals surface area contributed by atoms with Gasteiger partial charge in [-0.05, 0) is 36.4 Å². The number of benzene rings is 2. The molecule has 1 atom stereocenters. The van der Waals surface area contributed by atoms with Crippen LogP contribution in [0.2, 0.25) is 10.0 Å². The molecule has 0 radical (unpaired) electrons. The number of piperazine rings is 1. The van der Waals surface area contributed by atoms with Crippen molar-refractivity contribution in [3.63, 3.8) is 0 Å². The third-order valence-corrected chi connectivity index (χ3v) is 8.04. The number of nitrogens with two attached hydrogens (primary N) is 1. The van der Waals surface area contributed by atoms with Gasteiger partial charge in [-0.15, -0.1) is 0 Å². The Labute approximate surface area is 204 Å². The van der Waals surface area contributed by atoms with E-state index >= 15 is 0 Å². The molecule has 172 valence electrons. The van der Waals surface area contributed by atoms with E-state index in [1.807, 2.05) is 0 Å². The fourth-order valence-electron chi connectivity index (χ4n) is 3.33. The van der Waals surface area contributed by atoms with Crippen molar-refractivity contribution in [3.8, 4) is 0 Å². The highest BCUT2D eigenvalue weighted by molar-refractivity contribution is 9.10. The van der Waals surface area contributed by atoms with Crippen LogP contribution in [-0.2, 0) is 14.8 Å². The summed E-state index contributed by atoms with van der Waals surface area (Å²) in [4.78, 5) is 27.3. The van der Waals surface area contributed by atoms with Crippen LogP contribution in [-0.4, -0.2) is 68.2 Å². The Morgan fingerprint density at radius 2 is 1.88 bits per heavy atom. The minimum atomic E-state index is -3.97. The Morgan fingerprint density at radius 3 is 2.53 bits per heavy atom. The molecule has 1 saturated heterocycles. The SMILES string of the molecule is NCCNC(=O)C1CN(S(=O)(=O)c2ccc(Cl)c(Cl)c2)CCN1C(=O)c1cccc(Br)c1. The minimum absolute atomic E-state index is 0.0169. The van der Waals surface area contributed by atoms with E-state index in [9.17, 15) is 18.0 Å². The lowest BCUT2D eigenvalue weighted by Gasteiger charge is -2.40. The number of hydrogen-bond acceptors (Lipinski definition) is 5. The number of nitrogens with zero attached hydrogens (tertiary/aromatic N) is 2. The predicted octanol–water partition coefficient (Wildman–Crippen LogP) is 2.35. The standard InChI is InChI=1S/C20H21BrCl2N4O4S/c21-14-3-1-2-13(10-14)20(29)27-9-8-26(12-18(27)19(28)25-7-6-24)32(30,31)15-4-5-16(22)17(23)11-15/h1-5,10-11,18H,6-9,12,24H2,(H,25,28). The predicted molar refractivity (Wildman–Crippen MR) is 126 cm³/mol. The molecule has 0 bridgehead atoms. The average Bonchev–Trinajstić information content (AvgIpc) is 2.78. The third kappa shape index (κ3) is 5.44. The lowest BCUT2D eigenvalue weighted by atomic mass is 10.1. The van der Waals surface area contributed by atoms with Crippen LogP contribution in [0.3, 0.4) is 0 Å². The van der Waals surface area contributed by atoms with Crippen molar-refractivity contribution in [3.05, 3.63) is 62.5 Å². The van der Waals surface area contributed by atoms with Gasteiger partial charge >= 0.3 is 0 Å². The molecule has 3 rings (SSSR count). The molecule has 0 aromatic heterocycles. The van der Waals surface area contributed by atoms with Gasteiger partial charge in [0.25, 0.3) is 5.91 Å². The summed E-state index contributed by atoms with van der Waals surface area (Å²) in [5.74, 6) is -0.849. The summed E-state index contributed by atoms with van der Waals surface area (Å²) < 4.78 is 28.3. The first-order valence-electron chi connectivity index (χ1n) is 9.64. The zero-order chi connectivity index (χ0) is 23.5. The summed E-state index contributed by atoms with van der Waals surface area (Å²) in [6, 6.07) is 9.77. The second-order valence-electron chi connectivity index (χ2n) is 7.04. The molecule has 8 nitrogen and oxygen atoms in total. The lowest BCUT2D eigenvalue weighted by molar-refractivity contribution is -0.126. The van der Waals surface area contributed by atoms with Gasteiger partial charge in [0.15, 0.2) is 0 Å². The van der Waals surface area contributed by atoms with E-state index in [1.54, 1.807) is 24.3 Å². The number of amides is 2. The van der Waals surface area contributed by atoms with Crippen molar-refractivity contribution in [2.45, 2.75) is 10.9 Å². The zero-order valence-corrected chi connectivity index (χ0v) is 20.7. The van der Waals surface area contributed by atoms with Gasteiger partial charge in [-0.3, -0.25) is 9.59 Å². The highest BCUT2D eigenvalue weighted by Gasteiger charge is 2.40. The highest BCUT2D eigenvalue weighted by atomic mass is 79.9. The van der Waals surface area contributed by atoms with Crippen LogP contribution in [0.5, 0.6) is 0 Å². The van der Waals surface area contributed by atoms with E-state index in [0.717, 1.165) is 0 Å². The Morgan fingerprint density at radius 1 is 1.12 bits per heavy atom. The summed E-state index contributed by atoms with van der Waals surface area (Å²) in [7, 11) is -3.97. The summed E-state index contributed by atoms with van der Waals surface area (Å²) in [6.45, 7) is 0.255. The molecule has 2 aromatic rings. The number of nitrogens with one attached hydrogen (secondary N) is 1. The molecule has 12 heteroatoms. The van der Waals surface area contributed by atoms with Gasteiger partial charge < -0.3 is 16.0 Å². The first kappa shape index (κ1) is 24.9. The van der Waals surface area contributed by atoms with Crippen LogP contribution in [0.15, 0.2) is 51.8 Å². The van der Waals surface area contributed by atoms with Crippen LogP contribution in [0.25, 0.3) is 0 Å². The number of halogens is 3. The molecule has 2 aromatic carbocycles. The molecule has 1 aliphatic rings. The molecular weight excluding hydrogens is 543 g/mol. The summed E-state index contributed by atoms with van der Waals surface area (Å²) >= 11 is 15.2. The third-order valence-electron chi connectivity index (χ3n) is 4.95. The van der Waals surface area contributed by atoms with E-state index in [1.165, 1.54) is 27.4 Å². The summed E-state index contributed by atoms with van der Waals surface area (Å²) in [6.07, 6.45) is 0. The molecule has 32 heavy (non-hydrogen) atoms. The Kier molecular flexibility index (Phi) is 8.18. The highest BCUT2D eigenvalue weighted by Crippen LogP contribution is 2.28. The Bertz CT molecular complexity index is 1130. The van der Waals surface area contributed by atoms with Crippen LogP contribution in [0.1, 0.15) is 10.4 Å². The second-order valence-corrected chi connectivity index (χ2v) is 10.7. The van der Waals surface area contributed by atoms with Gasteiger partial charge in [0, 0.05) is 42.8 Å². The van der Waals surface area contributed by atoms with E-state index in [-0.39, 0.29) is 53.6 Å². The van der Waals surface area contributed by atoms with Crippen LogP contribution < -0.4 is 11.1 Å². The maximum Gasteiger partial charge on any atom is 0.254 e. The summed E-state index contributed by atoms with van der Waals surface area (Å²) in [5.41, 5.74) is 5.86. The number of carbonyl (C=O) groups is 2. The van der Waals surface area contributed by atoms with Gasteiger partial charge in [-0.25, -0.2) is 8.42 Å². The smallest absolute Gasteiger partial charge is 0.254 e. The number of sulfonamides is 1. The fraction of sp³-hybridized carbons (Fsp3) is 0.300. The topological polar surface area (TPSA) is 113 Å². The quantitative estimate of drug-likeness (QED) is 0.560. The largest absolute Gasteiger partial charge is 0.353 e. The number of carbonyl (C=O) groups excluding carboxylic acids is 2. The normalized spacial score (nSPS) is 17.2. The molecule has 1 heterocycles. The molecule has 1 aliphatic heterocycles. The monoisotopic (exact) mass is 562 g/mol. The van der Waals surface area contributed by atoms with Crippen molar-refractivity contribution in [2.24, 2.45) is 5.73 Å². The van der Waals surface area contributed by atoms with Crippen LogP contribution >= 0.6 is 39.1 Å². The maximum atomic E-state index is 13.2. The van der Waals surface area contributed by atoms with Crippen molar-refractivity contribution in [1.29, 1.82) is 0 Å². The average molecular weight is 564 g/mol. The summed E-state index contributed by atoms with van der Waals surface area (Å²) in [5, 5.41) is 2.99.